The number of carbonyl (C=O) groups is 1. The topological polar surface area (TPSA) is 36.4 Å². The highest BCUT2D eigenvalue weighted by molar-refractivity contribution is 7.99. The van der Waals surface area contributed by atoms with Gasteiger partial charge in [-0.25, -0.2) is 4.98 Å². The Hall–Kier alpha value is -1.76. The molecule has 1 aliphatic rings. The summed E-state index contributed by atoms with van der Waals surface area (Å²) in [5, 5.41) is 1.83. The Bertz CT molecular complexity index is 988. The van der Waals surface area contributed by atoms with E-state index in [4.69, 9.17) is 16.6 Å². The Labute approximate surface area is 191 Å². The van der Waals surface area contributed by atoms with Crippen molar-refractivity contribution in [2.24, 2.45) is 0 Å². The number of aromatic nitrogens is 1. The molecule has 0 saturated carbocycles. The SMILES string of the molecule is Cc1ccc(C)c2sc(N3CCN(C(=O)CCCSc4ccc(Cl)cc4)CC3)nc12. The summed E-state index contributed by atoms with van der Waals surface area (Å²) in [5.41, 5.74) is 3.62. The summed E-state index contributed by atoms with van der Waals surface area (Å²) >= 11 is 9.46. The lowest BCUT2D eigenvalue weighted by atomic mass is 10.1. The molecule has 4 nitrogen and oxygen atoms in total. The van der Waals surface area contributed by atoms with Crippen LogP contribution in [0.2, 0.25) is 5.02 Å². The average Bonchev–Trinajstić information content (AvgIpc) is 3.22. The zero-order valence-electron chi connectivity index (χ0n) is 17.4. The molecular weight excluding hydrogens is 434 g/mol. The van der Waals surface area contributed by atoms with Crippen molar-refractivity contribution in [2.45, 2.75) is 31.6 Å². The Morgan fingerprint density at radius 3 is 2.47 bits per heavy atom. The molecule has 0 spiro atoms. The van der Waals surface area contributed by atoms with E-state index < -0.39 is 0 Å². The van der Waals surface area contributed by atoms with Crippen molar-refractivity contribution in [1.29, 1.82) is 0 Å². The fourth-order valence-electron chi connectivity index (χ4n) is 3.63. The van der Waals surface area contributed by atoms with Crippen molar-refractivity contribution in [3.8, 4) is 0 Å². The molecule has 1 saturated heterocycles. The van der Waals surface area contributed by atoms with Crippen LogP contribution in [0.3, 0.4) is 0 Å². The molecule has 0 aliphatic carbocycles. The summed E-state index contributed by atoms with van der Waals surface area (Å²) in [7, 11) is 0. The van der Waals surface area contributed by atoms with Crippen molar-refractivity contribution >= 4 is 56.0 Å². The monoisotopic (exact) mass is 459 g/mol. The summed E-state index contributed by atoms with van der Waals surface area (Å²) in [5.74, 6) is 1.21. The molecule has 1 fully saturated rings. The molecule has 1 amide bonds. The van der Waals surface area contributed by atoms with Gasteiger partial charge in [-0.15, -0.1) is 11.8 Å². The number of thiazole rings is 1. The van der Waals surface area contributed by atoms with Crippen molar-refractivity contribution in [3.63, 3.8) is 0 Å². The molecule has 0 N–H and O–H groups in total. The minimum Gasteiger partial charge on any atom is -0.345 e. The number of benzene rings is 2. The van der Waals surface area contributed by atoms with Crippen LogP contribution in [0.25, 0.3) is 10.2 Å². The zero-order chi connectivity index (χ0) is 21.1. The molecule has 2 aromatic carbocycles. The largest absolute Gasteiger partial charge is 0.345 e. The van der Waals surface area contributed by atoms with E-state index in [9.17, 15) is 4.79 Å². The van der Waals surface area contributed by atoms with Crippen LogP contribution in [0, 0.1) is 13.8 Å². The van der Waals surface area contributed by atoms with Crippen LogP contribution in [0.15, 0.2) is 41.3 Å². The van der Waals surface area contributed by atoms with Gasteiger partial charge >= 0.3 is 0 Å². The summed E-state index contributed by atoms with van der Waals surface area (Å²) in [4.78, 5) is 23.0. The predicted molar refractivity (Wildman–Crippen MR) is 129 cm³/mol. The van der Waals surface area contributed by atoms with Crippen LogP contribution < -0.4 is 4.90 Å². The highest BCUT2D eigenvalue weighted by atomic mass is 35.5. The first kappa shape index (κ1) is 21.5. The minimum absolute atomic E-state index is 0.266. The molecule has 1 aromatic heterocycles. The van der Waals surface area contributed by atoms with E-state index in [-0.39, 0.29) is 5.91 Å². The third-order valence-corrected chi connectivity index (χ3v) is 8.05. The Morgan fingerprint density at radius 1 is 1.07 bits per heavy atom. The van der Waals surface area contributed by atoms with Gasteiger partial charge in [0.25, 0.3) is 0 Å². The number of amides is 1. The van der Waals surface area contributed by atoms with Crippen LogP contribution >= 0.6 is 34.7 Å². The number of halogens is 1. The maximum atomic E-state index is 12.6. The van der Waals surface area contributed by atoms with E-state index >= 15 is 0 Å². The first-order valence-corrected chi connectivity index (χ1v) is 12.5. The highest BCUT2D eigenvalue weighted by Gasteiger charge is 2.23. The van der Waals surface area contributed by atoms with E-state index in [0.29, 0.717) is 6.42 Å². The summed E-state index contributed by atoms with van der Waals surface area (Å²) in [6.45, 7) is 7.51. The predicted octanol–water partition coefficient (Wildman–Crippen LogP) is 5.79. The molecule has 3 aromatic rings. The van der Waals surface area contributed by atoms with Crippen molar-refractivity contribution < 1.29 is 4.79 Å². The number of aryl methyl sites for hydroxylation is 2. The van der Waals surface area contributed by atoms with Crippen LogP contribution in [-0.4, -0.2) is 47.7 Å². The standard InChI is InChI=1S/C23H26ClN3OS2/c1-16-5-6-17(2)22-21(16)25-23(30-22)27-13-11-26(12-14-27)20(28)4-3-15-29-19-9-7-18(24)8-10-19/h5-10H,3-4,11-15H2,1-2H3. The normalized spacial score (nSPS) is 14.5. The van der Waals surface area contributed by atoms with Gasteiger partial charge in [-0.1, -0.05) is 35.1 Å². The molecule has 4 rings (SSSR count). The second-order valence-corrected chi connectivity index (χ2v) is 10.2. The number of fused-ring (bicyclic) bond motifs is 1. The molecule has 2 heterocycles. The number of rotatable bonds is 6. The van der Waals surface area contributed by atoms with Crippen molar-refractivity contribution in [1.82, 2.24) is 9.88 Å². The van der Waals surface area contributed by atoms with E-state index in [1.54, 1.807) is 23.1 Å². The number of carbonyl (C=O) groups excluding carboxylic acids is 1. The van der Waals surface area contributed by atoms with Gasteiger partial charge in [0.2, 0.25) is 5.91 Å². The summed E-state index contributed by atoms with van der Waals surface area (Å²) < 4.78 is 1.28. The lowest BCUT2D eigenvalue weighted by Crippen LogP contribution is -2.48. The smallest absolute Gasteiger partial charge is 0.222 e. The van der Waals surface area contributed by atoms with Crippen LogP contribution in [0.1, 0.15) is 24.0 Å². The second kappa shape index (κ2) is 9.58. The van der Waals surface area contributed by atoms with Crippen molar-refractivity contribution in [2.75, 3.05) is 36.8 Å². The average molecular weight is 460 g/mol. The summed E-state index contributed by atoms with van der Waals surface area (Å²) in [6, 6.07) is 12.2. The highest BCUT2D eigenvalue weighted by Crippen LogP contribution is 2.33. The lowest BCUT2D eigenvalue weighted by Gasteiger charge is -2.34. The molecule has 1 aliphatic heterocycles. The number of thioether (sulfide) groups is 1. The Balaban J connectivity index is 1.25. The molecule has 0 unspecified atom stereocenters. The number of nitrogens with zero attached hydrogens (tertiary/aromatic N) is 3. The van der Waals surface area contributed by atoms with Crippen LogP contribution in [-0.2, 0) is 4.79 Å². The first-order valence-electron chi connectivity index (χ1n) is 10.3. The van der Waals surface area contributed by atoms with E-state index in [2.05, 4.69) is 30.9 Å². The van der Waals surface area contributed by atoms with Gasteiger partial charge in [0.15, 0.2) is 5.13 Å². The molecule has 7 heteroatoms. The fraction of sp³-hybridized carbons (Fsp3) is 0.391. The van der Waals surface area contributed by atoms with Crippen LogP contribution in [0.5, 0.6) is 0 Å². The molecule has 0 bridgehead atoms. The van der Waals surface area contributed by atoms with Gasteiger partial charge in [-0.3, -0.25) is 4.79 Å². The van der Waals surface area contributed by atoms with Gasteiger partial charge in [0.1, 0.15) is 0 Å². The number of anilines is 1. The van der Waals surface area contributed by atoms with E-state index in [1.165, 1.54) is 20.7 Å². The van der Waals surface area contributed by atoms with Gasteiger partial charge in [0.05, 0.1) is 10.2 Å². The van der Waals surface area contributed by atoms with Gasteiger partial charge in [-0.2, -0.15) is 0 Å². The zero-order valence-corrected chi connectivity index (χ0v) is 19.7. The number of hydrogen-bond donors (Lipinski definition) is 0. The number of hydrogen-bond acceptors (Lipinski definition) is 5. The lowest BCUT2D eigenvalue weighted by molar-refractivity contribution is -0.131. The molecular formula is C23H26ClN3OS2. The first-order chi connectivity index (χ1) is 14.5. The van der Waals surface area contributed by atoms with E-state index in [1.807, 2.05) is 29.2 Å². The second-order valence-electron chi connectivity index (χ2n) is 7.65. The Kier molecular flexibility index (Phi) is 6.86. The van der Waals surface area contributed by atoms with Crippen molar-refractivity contribution in [3.05, 3.63) is 52.5 Å². The maximum Gasteiger partial charge on any atom is 0.222 e. The Morgan fingerprint density at radius 2 is 1.77 bits per heavy atom. The van der Waals surface area contributed by atoms with Gasteiger partial charge in [0, 0.05) is 42.5 Å². The van der Waals surface area contributed by atoms with Crippen LogP contribution in [0.4, 0.5) is 5.13 Å². The molecule has 30 heavy (non-hydrogen) atoms. The van der Waals surface area contributed by atoms with E-state index in [0.717, 1.165) is 54.0 Å². The minimum atomic E-state index is 0.266. The summed E-state index contributed by atoms with van der Waals surface area (Å²) in [6.07, 6.45) is 1.50. The van der Waals surface area contributed by atoms with Gasteiger partial charge in [-0.05, 0) is 61.4 Å². The third-order valence-electron chi connectivity index (χ3n) is 5.45. The number of piperazine rings is 1. The van der Waals surface area contributed by atoms with Gasteiger partial charge < -0.3 is 9.80 Å². The maximum absolute atomic E-state index is 12.6. The fourth-order valence-corrected chi connectivity index (χ4v) is 5.78. The molecule has 0 atom stereocenters. The third kappa shape index (κ3) is 4.93. The molecule has 0 radical (unpaired) electrons. The quantitative estimate of drug-likeness (QED) is 0.345. The molecule has 158 valence electrons.